The molecule has 0 bridgehead atoms. The number of amides is 1. The Kier molecular flexibility index (Phi) is 6.14. The minimum Gasteiger partial charge on any atom is -0.488 e. The highest BCUT2D eigenvalue weighted by Gasteiger charge is 2.15. The molecular formula is C21H21ClN2O3. The summed E-state index contributed by atoms with van der Waals surface area (Å²) < 4.78 is 11.0. The molecule has 0 saturated heterocycles. The van der Waals surface area contributed by atoms with Gasteiger partial charge < -0.3 is 14.6 Å². The van der Waals surface area contributed by atoms with Gasteiger partial charge in [0.1, 0.15) is 18.1 Å². The van der Waals surface area contributed by atoms with Gasteiger partial charge in [0.15, 0.2) is 0 Å². The van der Waals surface area contributed by atoms with E-state index in [0.29, 0.717) is 28.6 Å². The fourth-order valence-electron chi connectivity index (χ4n) is 2.72. The van der Waals surface area contributed by atoms with Gasteiger partial charge >= 0.3 is 0 Å². The van der Waals surface area contributed by atoms with Crippen molar-refractivity contribution in [1.29, 1.82) is 0 Å². The number of halogens is 1. The van der Waals surface area contributed by atoms with Crippen molar-refractivity contribution in [2.45, 2.75) is 26.9 Å². The predicted octanol–water partition coefficient (Wildman–Crippen LogP) is 4.50. The average Bonchev–Trinajstić information content (AvgIpc) is 2.98. The van der Waals surface area contributed by atoms with Crippen LogP contribution >= 0.6 is 11.6 Å². The van der Waals surface area contributed by atoms with Crippen LogP contribution in [-0.2, 0) is 13.0 Å². The third kappa shape index (κ3) is 4.89. The molecule has 6 heteroatoms. The Morgan fingerprint density at radius 3 is 2.67 bits per heavy atom. The number of benzene rings is 2. The lowest BCUT2D eigenvalue weighted by molar-refractivity contribution is 0.0949. The van der Waals surface area contributed by atoms with Crippen molar-refractivity contribution in [1.82, 2.24) is 10.5 Å². The van der Waals surface area contributed by atoms with Gasteiger partial charge in [0, 0.05) is 11.6 Å². The van der Waals surface area contributed by atoms with Gasteiger partial charge in [0.05, 0.1) is 16.8 Å². The van der Waals surface area contributed by atoms with Crippen LogP contribution in [0.2, 0.25) is 5.02 Å². The van der Waals surface area contributed by atoms with E-state index in [1.54, 1.807) is 18.2 Å². The van der Waals surface area contributed by atoms with Crippen LogP contribution in [-0.4, -0.2) is 17.6 Å². The quantitative estimate of drug-likeness (QED) is 0.651. The molecule has 0 atom stereocenters. The first kappa shape index (κ1) is 19.0. The number of aromatic nitrogens is 1. The number of carbonyl (C=O) groups excluding carboxylic acids is 1. The minimum absolute atomic E-state index is 0.198. The van der Waals surface area contributed by atoms with Gasteiger partial charge in [-0.15, -0.1) is 0 Å². The fraction of sp³-hybridized carbons (Fsp3) is 0.238. The van der Waals surface area contributed by atoms with Gasteiger partial charge in [-0.05, 0) is 44.0 Å². The molecule has 0 aliphatic carbocycles. The molecule has 1 N–H and O–H groups in total. The maximum Gasteiger partial charge on any atom is 0.255 e. The van der Waals surface area contributed by atoms with E-state index in [9.17, 15) is 4.79 Å². The zero-order chi connectivity index (χ0) is 19.2. The highest BCUT2D eigenvalue weighted by Crippen LogP contribution is 2.25. The van der Waals surface area contributed by atoms with Crippen molar-refractivity contribution >= 4 is 17.5 Å². The molecule has 0 saturated carbocycles. The highest BCUT2D eigenvalue weighted by molar-refractivity contribution is 6.30. The normalized spacial score (nSPS) is 10.6. The molecule has 27 heavy (non-hydrogen) atoms. The van der Waals surface area contributed by atoms with Gasteiger partial charge in [-0.1, -0.05) is 47.1 Å². The summed E-state index contributed by atoms with van der Waals surface area (Å²) in [6.45, 7) is 4.47. The Morgan fingerprint density at radius 1 is 1.19 bits per heavy atom. The lowest BCUT2D eigenvalue weighted by atomic mass is 10.1. The smallest absolute Gasteiger partial charge is 0.255 e. The number of nitrogens with one attached hydrogen (secondary N) is 1. The van der Waals surface area contributed by atoms with E-state index >= 15 is 0 Å². The summed E-state index contributed by atoms with van der Waals surface area (Å²) in [5, 5.41) is 7.35. The van der Waals surface area contributed by atoms with Crippen molar-refractivity contribution in [3.8, 4) is 5.75 Å². The van der Waals surface area contributed by atoms with E-state index in [1.165, 1.54) is 5.56 Å². The van der Waals surface area contributed by atoms with Crippen LogP contribution in [0.5, 0.6) is 5.75 Å². The molecule has 2 aromatic carbocycles. The first-order chi connectivity index (χ1) is 13.0. The summed E-state index contributed by atoms with van der Waals surface area (Å²) in [7, 11) is 0. The Morgan fingerprint density at radius 2 is 1.96 bits per heavy atom. The molecule has 1 aromatic heterocycles. The number of nitrogens with zero attached hydrogens (tertiary/aromatic N) is 1. The van der Waals surface area contributed by atoms with Crippen molar-refractivity contribution in [3.05, 3.63) is 81.7 Å². The maximum absolute atomic E-state index is 12.6. The van der Waals surface area contributed by atoms with Crippen LogP contribution < -0.4 is 10.1 Å². The van der Waals surface area contributed by atoms with Gasteiger partial charge in [-0.2, -0.15) is 0 Å². The average molecular weight is 385 g/mol. The lowest BCUT2D eigenvalue weighted by Crippen LogP contribution is -2.26. The summed E-state index contributed by atoms with van der Waals surface area (Å²) in [5.74, 6) is 0.930. The molecule has 3 rings (SSSR count). The molecule has 1 amide bonds. The number of aryl methyl sites for hydroxylation is 2. The van der Waals surface area contributed by atoms with Crippen LogP contribution in [0.1, 0.15) is 32.9 Å². The topological polar surface area (TPSA) is 64.4 Å². The van der Waals surface area contributed by atoms with Gasteiger partial charge in [-0.3, -0.25) is 4.79 Å². The van der Waals surface area contributed by atoms with Gasteiger partial charge in [0.25, 0.3) is 5.91 Å². The number of ether oxygens (including phenoxy) is 1. The van der Waals surface area contributed by atoms with Crippen LogP contribution in [0, 0.1) is 13.8 Å². The molecule has 3 aromatic rings. The number of hydrogen-bond acceptors (Lipinski definition) is 4. The van der Waals surface area contributed by atoms with Crippen molar-refractivity contribution < 1.29 is 14.1 Å². The number of rotatable bonds is 7. The minimum atomic E-state index is -0.198. The summed E-state index contributed by atoms with van der Waals surface area (Å²) in [6.07, 6.45) is 0.759. The molecule has 140 valence electrons. The fourth-order valence-corrected chi connectivity index (χ4v) is 2.88. The van der Waals surface area contributed by atoms with Gasteiger partial charge in [0.2, 0.25) is 0 Å². The Balaban J connectivity index is 1.66. The Bertz CT molecular complexity index is 903. The van der Waals surface area contributed by atoms with E-state index in [4.69, 9.17) is 20.9 Å². The van der Waals surface area contributed by atoms with Gasteiger partial charge in [-0.25, -0.2) is 0 Å². The second-order valence-electron chi connectivity index (χ2n) is 6.22. The van der Waals surface area contributed by atoms with Crippen molar-refractivity contribution in [3.63, 3.8) is 0 Å². The van der Waals surface area contributed by atoms with Crippen LogP contribution in [0.25, 0.3) is 0 Å². The molecule has 5 nitrogen and oxygen atoms in total. The standard InChI is InChI=1S/C21H21ClN2O3/c1-14-19(15(2)27-24-14)13-26-20-12-17(22)8-9-18(20)21(25)23-11-10-16-6-4-3-5-7-16/h3-9,12H,10-11,13H2,1-2H3,(H,23,25). The number of hydrogen-bond donors (Lipinski definition) is 1. The van der Waals surface area contributed by atoms with E-state index in [2.05, 4.69) is 10.5 Å². The lowest BCUT2D eigenvalue weighted by Gasteiger charge is -2.12. The molecule has 0 fully saturated rings. The first-order valence-electron chi connectivity index (χ1n) is 8.71. The third-order valence-corrected chi connectivity index (χ3v) is 4.52. The highest BCUT2D eigenvalue weighted by atomic mass is 35.5. The molecule has 1 heterocycles. The summed E-state index contributed by atoms with van der Waals surface area (Å²) in [6, 6.07) is 15.0. The number of carbonyl (C=O) groups is 1. The monoisotopic (exact) mass is 384 g/mol. The maximum atomic E-state index is 12.6. The van der Waals surface area contributed by atoms with E-state index < -0.39 is 0 Å². The van der Waals surface area contributed by atoms with E-state index in [-0.39, 0.29) is 12.5 Å². The molecule has 0 aliphatic rings. The SMILES string of the molecule is Cc1noc(C)c1COc1cc(Cl)ccc1C(=O)NCCc1ccccc1. The van der Waals surface area contributed by atoms with E-state index in [1.807, 2.05) is 44.2 Å². The summed E-state index contributed by atoms with van der Waals surface area (Å²) in [4.78, 5) is 12.6. The Labute approximate surface area is 163 Å². The molecule has 0 aliphatic heterocycles. The zero-order valence-electron chi connectivity index (χ0n) is 15.3. The second kappa shape index (κ2) is 8.73. The summed E-state index contributed by atoms with van der Waals surface area (Å²) in [5.41, 5.74) is 3.25. The largest absolute Gasteiger partial charge is 0.488 e. The molecule has 0 unspecified atom stereocenters. The zero-order valence-corrected chi connectivity index (χ0v) is 16.0. The molecule has 0 spiro atoms. The Hall–Kier alpha value is -2.79. The summed E-state index contributed by atoms with van der Waals surface area (Å²) >= 11 is 6.09. The van der Waals surface area contributed by atoms with Crippen LogP contribution in [0.4, 0.5) is 0 Å². The second-order valence-corrected chi connectivity index (χ2v) is 6.66. The van der Waals surface area contributed by atoms with Crippen molar-refractivity contribution in [2.24, 2.45) is 0 Å². The van der Waals surface area contributed by atoms with Crippen LogP contribution in [0.15, 0.2) is 53.1 Å². The first-order valence-corrected chi connectivity index (χ1v) is 9.08. The molecular weight excluding hydrogens is 364 g/mol. The van der Waals surface area contributed by atoms with Crippen molar-refractivity contribution in [2.75, 3.05) is 6.54 Å². The van der Waals surface area contributed by atoms with Crippen LogP contribution in [0.3, 0.4) is 0 Å². The predicted molar refractivity (Wildman–Crippen MR) is 104 cm³/mol. The van der Waals surface area contributed by atoms with E-state index in [0.717, 1.165) is 17.7 Å². The molecule has 0 radical (unpaired) electrons. The third-order valence-electron chi connectivity index (χ3n) is 4.28.